The number of ether oxygens (including phenoxy) is 3. The molecule has 1 aromatic heterocycles. The summed E-state index contributed by atoms with van der Waals surface area (Å²) in [7, 11) is 0. The van der Waals surface area contributed by atoms with Crippen molar-refractivity contribution in [1.29, 1.82) is 0 Å². The molecule has 0 amide bonds. The summed E-state index contributed by atoms with van der Waals surface area (Å²) in [6, 6.07) is 6.93. The third-order valence-corrected chi connectivity index (χ3v) is 2.91. The Morgan fingerprint density at radius 3 is 2.90 bits per heavy atom. The SMILES string of the molecule is O=C(O)c1ccoc1COCc1ccc2c(c1)OCO2. The molecule has 3 rings (SSSR count). The van der Waals surface area contributed by atoms with Gasteiger partial charge in [0.25, 0.3) is 0 Å². The number of hydrogen-bond donors (Lipinski definition) is 1. The minimum atomic E-state index is -1.03. The average Bonchev–Trinajstić information content (AvgIpc) is 3.06. The van der Waals surface area contributed by atoms with E-state index in [1.54, 1.807) is 0 Å². The van der Waals surface area contributed by atoms with Crippen LogP contribution in [-0.2, 0) is 18.0 Å². The van der Waals surface area contributed by atoms with Gasteiger partial charge >= 0.3 is 5.97 Å². The average molecular weight is 276 g/mol. The summed E-state index contributed by atoms with van der Waals surface area (Å²) in [6.45, 7) is 0.660. The smallest absolute Gasteiger partial charge is 0.339 e. The molecule has 0 radical (unpaired) electrons. The van der Waals surface area contributed by atoms with E-state index in [1.165, 1.54) is 12.3 Å². The first-order valence-corrected chi connectivity index (χ1v) is 6.00. The lowest BCUT2D eigenvalue weighted by Gasteiger charge is -2.04. The first-order valence-electron chi connectivity index (χ1n) is 6.00. The maximum atomic E-state index is 10.9. The lowest BCUT2D eigenvalue weighted by molar-refractivity contribution is 0.0671. The van der Waals surface area contributed by atoms with Crippen LogP contribution in [0.15, 0.2) is 34.9 Å². The summed E-state index contributed by atoms with van der Waals surface area (Å²) in [5.41, 5.74) is 1.04. The van der Waals surface area contributed by atoms with E-state index in [0.717, 1.165) is 5.56 Å². The molecule has 0 aliphatic carbocycles. The van der Waals surface area contributed by atoms with Crippen molar-refractivity contribution in [3.63, 3.8) is 0 Å². The van der Waals surface area contributed by atoms with Crippen molar-refractivity contribution in [2.24, 2.45) is 0 Å². The highest BCUT2D eigenvalue weighted by Gasteiger charge is 2.15. The molecule has 20 heavy (non-hydrogen) atoms. The maximum Gasteiger partial charge on any atom is 0.339 e. The molecule has 1 aromatic carbocycles. The van der Waals surface area contributed by atoms with Gasteiger partial charge in [0.2, 0.25) is 6.79 Å². The van der Waals surface area contributed by atoms with Gasteiger partial charge in [0.05, 0.1) is 12.9 Å². The molecule has 0 atom stereocenters. The Morgan fingerprint density at radius 2 is 2.05 bits per heavy atom. The van der Waals surface area contributed by atoms with Crippen molar-refractivity contribution in [3.05, 3.63) is 47.4 Å². The van der Waals surface area contributed by atoms with Gasteiger partial charge in [0.1, 0.15) is 17.9 Å². The van der Waals surface area contributed by atoms with Crippen LogP contribution < -0.4 is 9.47 Å². The van der Waals surface area contributed by atoms with Gasteiger partial charge in [-0.25, -0.2) is 4.79 Å². The van der Waals surface area contributed by atoms with E-state index in [4.69, 9.17) is 23.7 Å². The predicted octanol–water partition coefficient (Wildman–Crippen LogP) is 2.42. The van der Waals surface area contributed by atoms with E-state index in [2.05, 4.69) is 0 Å². The first kappa shape index (κ1) is 12.6. The van der Waals surface area contributed by atoms with Crippen molar-refractivity contribution < 1.29 is 28.5 Å². The van der Waals surface area contributed by atoms with E-state index in [9.17, 15) is 4.79 Å². The molecule has 0 bridgehead atoms. The van der Waals surface area contributed by atoms with Gasteiger partial charge < -0.3 is 23.7 Å². The summed E-state index contributed by atoms with van der Waals surface area (Å²) in [6.07, 6.45) is 1.34. The minimum Gasteiger partial charge on any atom is -0.478 e. The van der Waals surface area contributed by atoms with E-state index < -0.39 is 5.97 Å². The number of hydrogen-bond acceptors (Lipinski definition) is 5. The fourth-order valence-electron chi connectivity index (χ4n) is 1.94. The van der Waals surface area contributed by atoms with Gasteiger partial charge in [0.15, 0.2) is 11.5 Å². The Kier molecular flexibility index (Phi) is 3.30. The number of carbonyl (C=O) groups is 1. The number of fused-ring (bicyclic) bond motifs is 1. The Morgan fingerprint density at radius 1 is 1.20 bits per heavy atom. The second-order valence-electron chi connectivity index (χ2n) is 4.24. The zero-order valence-electron chi connectivity index (χ0n) is 10.5. The quantitative estimate of drug-likeness (QED) is 0.903. The minimum absolute atomic E-state index is 0.100. The number of carboxylic acid groups (broad SMARTS) is 1. The summed E-state index contributed by atoms with van der Waals surface area (Å²) in [4.78, 5) is 10.9. The highest BCUT2D eigenvalue weighted by Crippen LogP contribution is 2.32. The van der Waals surface area contributed by atoms with Gasteiger partial charge in [-0.05, 0) is 23.8 Å². The molecule has 1 aliphatic rings. The Hall–Kier alpha value is -2.47. The molecule has 104 valence electrons. The molecule has 6 nitrogen and oxygen atoms in total. The van der Waals surface area contributed by atoms with Crippen LogP contribution in [0.3, 0.4) is 0 Å². The third kappa shape index (κ3) is 2.46. The topological polar surface area (TPSA) is 78.1 Å². The normalized spacial score (nSPS) is 12.6. The number of rotatable bonds is 5. The molecule has 0 saturated heterocycles. The van der Waals surface area contributed by atoms with E-state index in [-0.39, 0.29) is 19.0 Å². The second kappa shape index (κ2) is 5.26. The molecule has 2 heterocycles. The zero-order chi connectivity index (χ0) is 13.9. The van der Waals surface area contributed by atoms with Crippen molar-refractivity contribution in [1.82, 2.24) is 0 Å². The van der Waals surface area contributed by atoms with Crippen LogP contribution in [0, 0.1) is 0 Å². The summed E-state index contributed by atoms with van der Waals surface area (Å²) < 4.78 is 21.0. The highest BCUT2D eigenvalue weighted by molar-refractivity contribution is 5.88. The summed E-state index contributed by atoms with van der Waals surface area (Å²) in [5.74, 6) is 0.682. The molecule has 2 aromatic rings. The van der Waals surface area contributed by atoms with Gasteiger partial charge in [0, 0.05) is 0 Å². The van der Waals surface area contributed by atoms with Gasteiger partial charge in [-0.1, -0.05) is 6.07 Å². The van der Waals surface area contributed by atoms with Crippen LogP contribution in [0.1, 0.15) is 21.7 Å². The van der Waals surface area contributed by atoms with Crippen LogP contribution in [0.4, 0.5) is 0 Å². The number of benzene rings is 1. The van der Waals surface area contributed by atoms with Crippen molar-refractivity contribution in [3.8, 4) is 11.5 Å². The molecule has 0 saturated carbocycles. The number of aromatic carboxylic acids is 1. The fourth-order valence-corrected chi connectivity index (χ4v) is 1.94. The predicted molar refractivity (Wildman–Crippen MR) is 66.7 cm³/mol. The maximum absolute atomic E-state index is 10.9. The number of carboxylic acids is 1. The largest absolute Gasteiger partial charge is 0.478 e. The second-order valence-corrected chi connectivity index (χ2v) is 4.24. The Labute approximate surface area is 114 Å². The highest BCUT2D eigenvalue weighted by atomic mass is 16.7. The van der Waals surface area contributed by atoms with E-state index in [1.807, 2.05) is 18.2 Å². The van der Waals surface area contributed by atoms with Crippen LogP contribution >= 0.6 is 0 Å². The molecule has 0 fully saturated rings. The lowest BCUT2D eigenvalue weighted by Crippen LogP contribution is -2.01. The fraction of sp³-hybridized carbons (Fsp3) is 0.214. The van der Waals surface area contributed by atoms with Gasteiger partial charge in [-0.3, -0.25) is 0 Å². The van der Waals surface area contributed by atoms with E-state index in [0.29, 0.717) is 23.9 Å². The first-order chi connectivity index (χ1) is 9.74. The molecule has 0 unspecified atom stereocenters. The summed E-state index contributed by atoms with van der Waals surface area (Å²) >= 11 is 0. The third-order valence-electron chi connectivity index (χ3n) is 2.91. The molecular formula is C14H12O6. The van der Waals surface area contributed by atoms with Crippen LogP contribution in [0.5, 0.6) is 11.5 Å². The van der Waals surface area contributed by atoms with Crippen LogP contribution in [0.2, 0.25) is 0 Å². The molecule has 1 N–H and O–H groups in total. The standard InChI is InChI=1S/C14H12O6/c15-14(16)10-3-4-18-13(10)7-17-6-9-1-2-11-12(5-9)20-8-19-11/h1-5H,6-8H2,(H,15,16). The van der Waals surface area contributed by atoms with Crippen molar-refractivity contribution in [2.45, 2.75) is 13.2 Å². The zero-order valence-corrected chi connectivity index (χ0v) is 10.5. The molecular weight excluding hydrogens is 264 g/mol. The lowest BCUT2D eigenvalue weighted by atomic mass is 10.2. The number of furan rings is 1. The van der Waals surface area contributed by atoms with Crippen molar-refractivity contribution in [2.75, 3.05) is 6.79 Å². The van der Waals surface area contributed by atoms with Crippen LogP contribution in [-0.4, -0.2) is 17.9 Å². The van der Waals surface area contributed by atoms with Gasteiger partial charge in [-0.15, -0.1) is 0 Å². The molecule has 6 heteroatoms. The molecule has 0 spiro atoms. The Balaban J connectivity index is 1.60. The monoisotopic (exact) mass is 276 g/mol. The summed E-state index contributed by atoms with van der Waals surface area (Å²) in [5, 5.41) is 8.93. The molecule has 1 aliphatic heterocycles. The van der Waals surface area contributed by atoms with Gasteiger partial charge in [-0.2, -0.15) is 0 Å². The Bertz CT molecular complexity index is 630. The van der Waals surface area contributed by atoms with Crippen molar-refractivity contribution >= 4 is 5.97 Å². The van der Waals surface area contributed by atoms with Crippen LogP contribution in [0.25, 0.3) is 0 Å². The van der Waals surface area contributed by atoms with E-state index >= 15 is 0 Å².